The van der Waals surface area contributed by atoms with Crippen molar-refractivity contribution in [3.63, 3.8) is 0 Å². The van der Waals surface area contributed by atoms with Crippen LogP contribution in [0, 0.1) is 11.8 Å². The van der Waals surface area contributed by atoms with Gasteiger partial charge in [0.1, 0.15) is 6.42 Å². The van der Waals surface area contributed by atoms with Crippen LogP contribution in [0.5, 0.6) is 0 Å². The monoisotopic (exact) mass is 253 g/mol. The first kappa shape index (κ1) is 13.2. The molecule has 0 fully saturated rings. The topological polar surface area (TPSA) is 86.5 Å². The van der Waals surface area contributed by atoms with Crippen LogP contribution in [0.25, 0.3) is 0 Å². The molecule has 1 aromatic rings. The Morgan fingerprint density at radius 2 is 1.94 bits per heavy atom. The molecule has 1 rings (SSSR count). The second-order valence-corrected chi connectivity index (χ2v) is 4.69. The third-order valence-corrected chi connectivity index (χ3v) is 2.81. The predicted octanol–water partition coefficient (Wildman–Crippen LogP) is 0.249. The minimum atomic E-state index is -3.68. The molecule has 1 aromatic carbocycles. The Kier molecular flexibility index (Phi) is 4.26. The predicted molar refractivity (Wildman–Crippen MR) is 61.3 cm³/mol. The fourth-order valence-electron chi connectivity index (χ4n) is 1.02. The number of rotatable bonds is 2. The standard InChI is InChI=1S/C11H11NO4S/c1-16-11(13)4-2-3-9-5-7-10(8-6-9)17(12,14)15/h5-8H,4H2,1H3,(H2,12,14,15). The average molecular weight is 253 g/mol. The molecule has 0 spiro atoms. The summed E-state index contributed by atoms with van der Waals surface area (Å²) >= 11 is 0. The summed E-state index contributed by atoms with van der Waals surface area (Å²) in [6, 6.07) is 5.75. The van der Waals surface area contributed by atoms with Gasteiger partial charge in [-0.15, -0.1) is 0 Å². The smallest absolute Gasteiger partial charge is 0.317 e. The van der Waals surface area contributed by atoms with E-state index in [0.717, 1.165) is 0 Å². The van der Waals surface area contributed by atoms with Crippen molar-refractivity contribution in [2.75, 3.05) is 7.11 Å². The third-order valence-electron chi connectivity index (χ3n) is 1.88. The first-order chi connectivity index (χ1) is 7.93. The second-order valence-electron chi connectivity index (χ2n) is 3.12. The molecular weight excluding hydrogens is 242 g/mol. The van der Waals surface area contributed by atoms with E-state index >= 15 is 0 Å². The summed E-state index contributed by atoms with van der Waals surface area (Å²) in [5.74, 6) is 4.89. The van der Waals surface area contributed by atoms with E-state index in [1.165, 1.54) is 31.4 Å². The Morgan fingerprint density at radius 1 is 1.35 bits per heavy atom. The van der Waals surface area contributed by atoms with Crippen molar-refractivity contribution in [1.82, 2.24) is 0 Å². The molecule has 17 heavy (non-hydrogen) atoms. The summed E-state index contributed by atoms with van der Waals surface area (Å²) < 4.78 is 26.3. The van der Waals surface area contributed by atoms with Crippen molar-refractivity contribution in [3.05, 3.63) is 29.8 Å². The van der Waals surface area contributed by atoms with Gasteiger partial charge >= 0.3 is 5.97 Å². The molecule has 0 bridgehead atoms. The summed E-state index contributed by atoms with van der Waals surface area (Å²) in [6.07, 6.45) is -0.00651. The van der Waals surface area contributed by atoms with Gasteiger partial charge < -0.3 is 4.74 Å². The third kappa shape index (κ3) is 4.26. The highest BCUT2D eigenvalue weighted by Crippen LogP contribution is 2.07. The summed E-state index contributed by atoms with van der Waals surface area (Å²) in [5.41, 5.74) is 0.598. The molecule has 0 unspecified atom stereocenters. The van der Waals surface area contributed by atoms with Gasteiger partial charge in [-0.05, 0) is 24.3 Å². The van der Waals surface area contributed by atoms with Crippen LogP contribution in [-0.2, 0) is 19.6 Å². The average Bonchev–Trinajstić information content (AvgIpc) is 2.28. The molecule has 0 aliphatic heterocycles. The molecule has 5 nitrogen and oxygen atoms in total. The highest BCUT2D eigenvalue weighted by molar-refractivity contribution is 7.89. The fraction of sp³-hybridized carbons (Fsp3) is 0.182. The molecule has 0 aliphatic rings. The maximum atomic E-state index is 11.0. The number of carbonyl (C=O) groups excluding carboxylic acids is 1. The second kappa shape index (κ2) is 5.48. The van der Waals surface area contributed by atoms with Gasteiger partial charge in [0, 0.05) is 5.56 Å². The molecule has 0 heterocycles. The number of hydrogen-bond acceptors (Lipinski definition) is 4. The zero-order chi connectivity index (χ0) is 12.9. The van der Waals surface area contributed by atoms with Gasteiger partial charge in [-0.1, -0.05) is 11.8 Å². The maximum absolute atomic E-state index is 11.0. The molecule has 0 atom stereocenters. The number of primary sulfonamides is 1. The highest BCUT2D eigenvalue weighted by Gasteiger charge is 2.05. The van der Waals surface area contributed by atoms with E-state index in [2.05, 4.69) is 16.6 Å². The quantitative estimate of drug-likeness (QED) is 0.604. The minimum Gasteiger partial charge on any atom is -0.468 e. The van der Waals surface area contributed by atoms with Crippen LogP contribution in [0.4, 0.5) is 0 Å². The van der Waals surface area contributed by atoms with E-state index < -0.39 is 16.0 Å². The summed E-state index contributed by atoms with van der Waals surface area (Å²) in [5, 5.41) is 4.94. The molecule has 0 amide bonds. The van der Waals surface area contributed by atoms with E-state index in [0.29, 0.717) is 5.56 Å². The van der Waals surface area contributed by atoms with Crippen molar-refractivity contribution in [2.45, 2.75) is 11.3 Å². The summed E-state index contributed by atoms with van der Waals surface area (Å²) in [4.78, 5) is 10.8. The number of ether oxygens (including phenoxy) is 1. The van der Waals surface area contributed by atoms with Crippen molar-refractivity contribution in [3.8, 4) is 11.8 Å². The molecule has 0 saturated carbocycles. The first-order valence-electron chi connectivity index (χ1n) is 4.62. The molecule has 6 heteroatoms. The van der Waals surface area contributed by atoms with E-state index in [1.54, 1.807) is 0 Å². The van der Waals surface area contributed by atoms with Gasteiger partial charge in [-0.3, -0.25) is 4.79 Å². The summed E-state index contributed by atoms with van der Waals surface area (Å²) in [7, 11) is -2.40. The van der Waals surface area contributed by atoms with Crippen molar-refractivity contribution in [2.24, 2.45) is 5.14 Å². The summed E-state index contributed by atoms with van der Waals surface area (Å²) in [6.45, 7) is 0. The van der Waals surface area contributed by atoms with Gasteiger partial charge in [0.2, 0.25) is 10.0 Å². The van der Waals surface area contributed by atoms with Gasteiger partial charge in [0.25, 0.3) is 0 Å². The maximum Gasteiger partial charge on any atom is 0.317 e. The van der Waals surface area contributed by atoms with Crippen LogP contribution in [0.3, 0.4) is 0 Å². The number of sulfonamides is 1. The van der Waals surface area contributed by atoms with Gasteiger partial charge in [-0.2, -0.15) is 0 Å². The normalized spacial score (nSPS) is 10.2. The van der Waals surface area contributed by atoms with Crippen molar-refractivity contribution in [1.29, 1.82) is 0 Å². The molecule has 90 valence electrons. The molecular formula is C11H11NO4S. The number of hydrogen-bond donors (Lipinski definition) is 1. The SMILES string of the molecule is COC(=O)CC#Cc1ccc(S(N)(=O)=O)cc1. The van der Waals surface area contributed by atoms with Crippen LogP contribution in [0.2, 0.25) is 0 Å². The number of methoxy groups -OCH3 is 1. The Bertz CT molecular complexity index is 564. The number of esters is 1. The Hall–Kier alpha value is -1.84. The number of benzene rings is 1. The lowest BCUT2D eigenvalue weighted by Crippen LogP contribution is -2.11. The molecule has 0 radical (unpaired) electrons. The van der Waals surface area contributed by atoms with E-state index in [1.807, 2.05) is 0 Å². The lowest BCUT2D eigenvalue weighted by molar-refractivity contribution is -0.139. The molecule has 0 aromatic heterocycles. The van der Waals surface area contributed by atoms with Gasteiger partial charge in [-0.25, -0.2) is 13.6 Å². The van der Waals surface area contributed by atoms with E-state index in [4.69, 9.17) is 5.14 Å². The van der Waals surface area contributed by atoms with Crippen LogP contribution < -0.4 is 5.14 Å². The van der Waals surface area contributed by atoms with E-state index in [9.17, 15) is 13.2 Å². The highest BCUT2D eigenvalue weighted by atomic mass is 32.2. The van der Waals surface area contributed by atoms with Crippen LogP contribution in [-0.4, -0.2) is 21.5 Å². The largest absolute Gasteiger partial charge is 0.468 e. The minimum absolute atomic E-state index is 0.00651. The van der Waals surface area contributed by atoms with E-state index in [-0.39, 0.29) is 11.3 Å². The van der Waals surface area contributed by atoms with Gasteiger partial charge in [0.15, 0.2) is 0 Å². The number of nitrogens with two attached hydrogens (primary N) is 1. The van der Waals surface area contributed by atoms with Crippen molar-refractivity contribution < 1.29 is 17.9 Å². The lowest BCUT2D eigenvalue weighted by atomic mass is 10.2. The van der Waals surface area contributed by atoms with Gasteiger partial charge in [0.05, 0.1) is 12.0 Å². The van der Waals surface area contributed by atoms with Crippen LogP contribution in [0.1, 0.15) is 12.0 Å². The van der Waals surface area contributed by atoms with Crippen LogP contribution >= 0.6 is 0 Å². The molecule has 2 N–H and O–H groups in total. The zero-order valence-electron chi connectivity index (χ0n) is 9.14. The van der Waals surface area contributed by atoms with Crippen LogP contribution in [0.15, 0.2) is 29.2 Å². The lowest BCUT2D eigenvalue weighted by Gasteiger charge is -1.96. The Morgan fingerprint density at radius 3 is 2.41 bits per heavy atom. The molecule has 0 aliphatic carbocycles. The van der Waals surface area contributed by atoms with Crippen molar-refractivity contribution >= 4 is 16.0 Å². The fourth-order valence-corrected chi connectivity index (χ4v) is 1.53. The first-order valence-corrected chi connectivity index (χ1v) is 6.16. The zero-order valence-corrected chi connectivity index (χ0v) is 9.95. The molecule has 0 saturated heterocycles. The Labute approximate surface area is 99.6 Å². The number of carbonyl (C=O) groups is 1. The Balaban J connectivity index is 2.79.